The molecule has 0 bridgehead atoms. The maximum atomic E-state index is 12.7. The van der Waals surface area contributed by atoms with Gasteiger partial charge in [-0.25, -0.2) is 4.79 Å². The van der Waals surface area contributed by atoms with E-state index in [2.05, 4.69) is 17.5 Å². The van der Waals surface area contributed by atoms with Crippen LogP contribution in [0.15, 0.2) is 48.5 Å². The summed E-state index contributed by atoms with van der Waals surface area (Å²) in [5, 5.41) is 12.9. The van der Waals surface area contributed by atoms with Crippen molar-refractivity contribution in [1.29, 1.82) is 5.26 Å². The van der Waals surface area contributed by atoms with Crippen molar-refractivity contribution in [2.24, 2.45) is 0 Å². The lowest BCUT2D eigenvalue weighted by atomic mass is 9.90. The summed E-state index contributed by atoms with van der Waals surface area (Å²) in [6, 6.07) is 16.7. The fourth-order valence-electron chi connectivity index (χ4n) is 3.51. The third-order valence-corrected chi connectivity index (χ3v) is 6.22. The summed E-state index contributed by atoms with van der Waals surface area (Å²) in [5.41, 5.74) is 10.2. The van der Waals surface area contributed by atoms with E-state index in [0.29, 0.717) is 16.3 Å². The van der Waals surface area contributed by atoms with Gasteiger partial charge in [0, 0.05) is 10.6 Å². The molecule has 30 heavy (non-hydrogen) atoms. The summed E-state index contributed by atoms with van der Waals surface area (Å²) in [7, 11) is 0. The van der Waals surface area contributed by atoms with Crippen molar-refractivity contribution in [1.82, 2.24) is 0 Å². The van der Waals surface area contributed by atoms with Gasteiger partial charge in [-0.1, -0.05) is 30.3 Å². The Balaban J connectivity index is 1.53. The molecule has 1 atom stereocenters. The Morgan fingerprint density at radius 3 is 2.77 bits per heavy atom. The third kappa shape index (κ3) is 3.65. The SMILES string of the molecule is CC(OC(=O)c1cccc(N)c1)C(=O)Nc1sc2c(c1C#N)CCc1ccccc1-2. The number of nitrogen functional groups attached to an aromatic ring is 1. The van der Waals surface area contributed by atoms with Crippen LogP contribution in [0.5, 0.6) is 0 Å². The van der Waals surface area contributed by atoms with Crippen LogP contribution in [0.3, 0.4) is 0 Å². The van der Waals surface area contributed by atoms with Gasteiger partial charge in [0.2, 0.25) is 0 Å². The van der Waals surface area contributed by atoms with Gasteiger partial charge >= 0.3 is 5.97 Å². The summed E-state index contributed by atoms with van der Waals surface area (Å²) in [5.74, 6) is -1.12. The highest BCUT2D eigenvalue weighted by Gasteiger charge is 2.27. The maximum Gasteiger partial charge on any atom is 0.338 e. The molecule has 0 spiro atoms. The zero-order valence-electron chi connectivity index (χ0n) is 16.3. The molecule has 2 aromatic carbocycles. The Kier molecular flexibility index (Phi) is 5.25. The molecule has 1 unspecified atom stereocenters. The number of aryl methyl sites for hydroxylation is 1. The fourth-order valence-corrected chi connectivity index (χ4v) is 4.77. The van der Waals surface area contributed by atoms with Gasteiger partial charge in [-0.2, -0.15) is 5.26 Å². The van der Waals surface area contributed by atoms with E-state index in [1.165, 1.54) is 29.9 Å². The lowest BCUT2D eigenvalue weighted by Gasteiger charge is -2.15. The minimum atomic E-state index is -1.03. The maximum absolute atomic E-state index is 12.7. The Labute approximate surface area is 177 Å². The van der Waals surface area contributed by atoms with Crippen LogP contribution < -0.4 is 11.1 Å². The molecule has 3 aromatic rings. The zero-order valence-corrected chi connectivity index (χ0v) is 17.1. The highest BCUT2D eigenvalue weighted by atomic mass is 32.1. The molecule has 1 aliphatic rings. The molecular weight excluding hydrogens is 398 g/mol. The highest BCUT2D eigenvalue weighted by molar-refractivity contribution is 7.20. The number of anilines is 2. The van der Waals surface area contributed by atoms with Crippen LogP contribution in [0.2, 0.25) is 0 Å². The molecule has 0 saturated heterocycles. The number of carbonyl (C=O) groups is 2. The number of esters is 1. The molecular formula is C23H19N3O3S. The van der Waals surface area contributed by atoms with Gasteiger partial charge < -0.3 is 15.8 Å². The number of fused-ring (bicyclic) bond motifs is 3. The second-order valence-electron chi connectivity index (χ2n) is 7.05. The van der Waals surface area contributed by atoms with E-state index in [-0.39, 0.29) is 5.56 Å². The van der Waals surface area contributed by atoms with Crippen molar-refractivity contribution < 1.29 is 14.3 Å². The zero-order chi connectivity index (χ0) is 21.3. The average molecular weight is 417 g/mol. The summed E-state index contributed by atoms with van der Waals surface area (Å²) < 4.78 is 5.27. The topological polar surface area (TPSA) is 105 Å². The van der Waals surface area contributed by atoms with Crippen molar-refractivity contribution in [2.75, 3.05) is 11.1 Å². The van der Waals surface area contributed by atoms with E-state index >= 15 is 0 Å². The van der Waals surface area contributed by atoms with Crippen LogP contribution in [0.25, 0.3) is 10.4 Å². The standard InChI is InChI=1S/C23H19N3O3S/c1-13(29-23(28)15-6-4-7-16(25)11-15)21(27)26-22-19(12-24)18-10-9-14-5-2-3-8-17(14)20(18)30-22/h2-8,11,13H,9-10,25H2,1H3,(H,26,27). The van der Waals surface area contributed by atoms with Crippen LogP contribution in [0.4, 0.5) is 10.7 Å². The number of thiophene rings is 1. The smallest absolute Gasteiger partial charge is 0.338 e. The molecule has 1 aromatic heterocycles. The van der Waals surface area contributed by atoms with Crippen LogP contribution in [-0.4, -0.2) is 18.0 Å². The number of benzene rings is 2. The lowest BCUT2D eigenvalue weighted by molar-refractivity contribution is -0.123. The lowest BCUT2D eigenvalue weighted by Crippen LogP contribution is -2.30. The van der Waals surface area contributed by atoms with Crippen molar-refractivity contribution >= 4 is 33.9 Å². The van der Waals surface area contributed by atoms with Gasteiger partial charge in [0.25, 0.3) is 5.91 Å². The molecule has 0 radical (unpaired) electrons. The van der Waals surface area contributed by atoms with Gasteiger partial charge in [-0.05, 0) is 54.7 Å². The van der Waals surface area contributed by atoms with Crippen molar-refractivity contribution in [3.63, 3.8) is 0 Å². The third-order valence-electron chi connectivity index (χ3n) is 5.04. The van der Waals surface area contributed by atoms with Gasteiger partial charge in [0.05, 0.1) is 11.1 Å². The first kappa shape index (κ1) is 19.7. The molecule has 0 saturated carbocycles. The molecule has 4 rings (SSSR count). The first-order valence-electron chi connectivity index (χ1n) is 9.49. The average Bonchev–Trinajstić information content (AvgIpc) is 3.11. The Hall–Kier alpha value is -3.63. The van der Waals surface area contributed by atoms with E-state index in [1.807, 2.05) is 18.2 Å². The first-order chi connectivity index (χ1) is 14.5. The van der Waals surface area contributed by atoms with Crippen molar-refractivity contribution in [2.45, 2.75) is 25.9 Å². The Bertz CT molecular complexity index is 1190. The second kappa shape index (κ2) is 8.01. The number of carbonyl (C=O) groups excluding carboxylic acids is 2. The monoisotopic (exact) mass is 417 g/mol. The summed E-state index contributed by atoms with van der Waals surface area (Å²) in [6.45, 7) is 1.49. The number of hydrogen-bond acceptors (Lipinski definition) is 6. The number of ether oxygens (including phenoxy) is 1. The minimum absolute atomic E-state index is 0.274. The van der Waals surface area contributed by atoms with E-state index in [9.17, 15) is 14.9 Å². The molecule has 6 nitrogen and oxygen atoms in total. The number of nitrogens with two attached hydrogens (primary N) is 1. The minimum Gasteiger partial charge on any atom is -0.449 e. The van der Waals surface area contributed by atoms with E-state index < -0.39 is 18.0 Å². The van der Waals surface area contributed by atoms with E-state index in [0.717, 1.165) is 28.8 Å². The largest absolute Gasteiger partial charge is 0.449 e. The molecule has 150 valence electrons. The van der Waals surface area contributed by atoms with Crippen LogP contribution >= 0.6 is 11.3 Å². The van der Waals surface area contributed by atoms with Crippen molar-refractivity contribution in [3.05, 3.63) is 70.8 Å². The van der Waals surface area contributed by atoms with Crippen LogP contribution in [0, 0.1) is 11.3 Å². The molecule has 1 aliphatic carbocycles. The van der Waals surface area contributed by atoms with Gasteiger partial charge in [0.1, 0.15) is 11.1 Å². The predicted octanol–water partition coefficient (Wildman–Crippen LogP) is 4.15. The predicted molar refractivity (Wildman–Crippen MR) is 116 cm³/mol. The fraction of sp³-hybridized carbons (Fsp3) is 0.174. The normalized spacial score (nSPS) is 12.8. The Morgan fingerprint density at radius 2 is 2.00 bits per heavy atom. The quantitative estimate of drug-likeness (QED) is 0.490. The van der Waals surface area contributed by atoms with Crippen LogP contribution in [0.1, 0.15) is 34.0 Å². The molecule has 1 heterocycles. The first-order valence-corrected chi connectivity index (χ1v) is 10.3. The molecule has 1 amide bonds. The summed E-state index contributed by atoms with van der Waals surface area (Å²) in [6.07, 6.45) is 0.578. The number of nitrogens with zero attached hydrogens (tertiary/aromatic N) is 1. The van der Waals surface area contributed by atoms with E-state index in [1.54, 1.807) is 18.2 Å². The van der Waals surface area contributed by atoms with E-state index in [4.69, 9.17) is 10.5 Å². The molecule has 7 heteroatoms. The van der Waals surface area contributed by atoms with Crippen molar-refractivity contribution in [3.8, 4) is 16.5 Å². The number of nitriles is 1. The Morgan fingerprint density at radius 1 is 1.20 bits per heavy atom. The summed E-state index contributed by atoms with van der Waals surface area (Å²) >= 11 is 1.38. The van der Waals surface area contributed by atoms with Crippen LogP contribution in [-0.2, 0) is 22.4 Å². The van der Waals surface area contributed by atoms with Gasteiger partial charge in [-0.3, -0.25) is 4.79 Å². The molecule has 0 fully saturated rings. The number of amides is 1. The van der Waals surface area contributed by atoms with Gasteiger partial charge in [-0.15, -0.1) is 11.3 Å². The number of rotatable bonds is 4. The molecule has 0 aliphatic heterocycles. The van der Waals surface area contributed by atoms with Gasteiger partial charge in [0.15, 0.2) is 6.10 Å². The number of nitrogens with one attached hydrogen (secondary N) is 1. The summed E-state index contributed by atoms with van der Waals surface area (Å²) in [4.78, 5) is 25.9. The second-order valence-corrected chi connectivity index (χ2v) is 8.07. The highest BCUT2D eigenvalue weighted by Crippen LogP contribution is 2.44. The number of hydrogen-bond donors (Lipinski definition) is 2. The molecule has 3 N–H and O–H groups in total.